The summed E-state index contributed by atoms with van der Waals surface area (Å²) >= 11 is 0. The summed E-state index contributed by atoms with van der Waals surface area (Å²) in [4.78, 5) is 0. The van der Waals surface area contributed by atoms with E-state index in [1.165, 1.54) is 11.1 Å². The Balaban J connectivity index is 0.000000267. The van der Waals surface area contributed by atoms with Crippen LogP contribution >= 0.6 is 0 Å². The van der Waals surface area contributed by atoms with Gasteiger partial charge in [0.1, 0.15) is 0 Å². The van der Waals surface area contributed by atoms with Crippen molar-refractivity contribution in [1.29, 1.82) is 0 Å². The zero-order valence-corrected chi connectivity index (χ0v) is 12.7. The van der Waals surface area contributed by atoms with Crippen LogP contribution in [0.5, 0.6) is 0 Å². The SMILES string of the molecule is CCc1cc[c-]cc1.Cc1cc[c-]cc1.[Y]. The first-order chi connectivity index (χ1) is 7.33. The summed E-state index contributed by atoms with van der Waals surface area (Å²) in [6, 6.07) is 21.8. The van der Waals surface area contributed by atoms with Crippen LogP contribution in [0.4, 0.5) is 0 Å². The van der Waals surface area contributed by atoms with E-state index in [0.717, 1.165) is 6.42 Å². The molecule has 0 aromatic heterocycles. The van der Waals surface area contributed by atoms with Gasteiger partial charge in [-0.2, -0.15) is 71.8 Å². The van der Waals surface area contributed by atoms with E-state index < -0.39 is 0 Å². The van der Waals surface area contributed by atoms with Crippen molar-refractivity contribution in [2.75, 3.05) is 0 Å². The molecule has 2 rings (SSSR count). The van der Waals surface area contributed by atoms with E-state index in [1.807, 2.05) is 36.4 Å². The average Bonchev–Trinajstić information content (AvgIpc) is 2.32. The summed E-state index contributed by atoms with van der Waals surface area (Å²) < 4.78 is 0. The Bertz CT molecular complexity index is 354. The van der Waals surface area contributed by atoms with Crippen molar-refractivity contribution < 1.29 is 32.7 Å². The monoisotopic (exact) mass is 285 g/mol. The fraction of sp³-hybridized carbons (Fsp3) is 0.200. The summed E-state index contributed by atoms with van der Waals surface area (Å²) in [7, 11) is 0. The minimum absolute atomic E-state index is 0. The first kappa shape index (κ1) is 15.5. The summed E-state index contributed by atoms with van der Waals surface area (Å²) in [5.41, 5.74) is 2.67. The van der Waals surface area contributed by atoms with E-state index in [-0.39, 0.29) is 32.7 Å². The van der Waals surface area contributed by atoms with Gasteiger partial charge in [-0.05, 0) is 0 Å². The third kappa shape index (κ3) is 6.92. The van der Waals surface area contributed by atoms with Crippen LogP contribution in [0, 0.1) is 19.1 Å². The molecule has 0 bridgehead atoms. The van der Waals surface area contributed by atoms with Crippen molar-refractivity contribution in [1.82, 2.24) is 0 Å². The molecule has 81 valence electrons. The molecule has 0 heterocycles. The Hall–Kier alpha value is -0.456. The molecular weight excluding hydrogens is 269 g/mol. The minimum atomic E-state index is 0. The summed E-state index contributed by atoms with van der Waals surface area (Å²) in [5, 5.41) is 0. The van der Waals surface area contributed by atoms with Gasteiger partial charge in [-0.15, -0.1) is 0 Å². The van der Waals surface area contributed by atoms with Gasteiger partial charge < -0.3 is 0 Å². The summed E-state index contributed by atoms with van der Waals surface area (Å²) in [6.45, 7) is 4.21. The zero-order valence-electron chi connectivity index (χ0n) is 9.90. The van der Waals surface area contributed by atoms with Gasteiger partial charge in [0.15, 0.2) is 0 Å². The Morgan fingerprint density at radius 2 is 1.31 bits per heavy atom. The first-order valence-corrected chi connectivity index (χ1v) is 5.20. The molecule has 0 atom stereocenters. The molecule has 16 heavy (non-hydrogen) atoms. The first-order valence-electron chi connectivity index (χ1n) is 5.20. The fourth-order valence-corrected chi connectivity index (χ4v) is 1.13. The van der Waals surface area contributed by atoms with Crippen LogP contribution < -0.4 is 0 Å². The Kier molecular flexibility index (Phi) is 9.47. The third-order valence-electron chi connectivity index (χ3n) is 2.08. The van der Waals surface area contributed by atoms with Crippen molar-refractivity contribution in [3.8, 4) is 0 Å². The predicted molar refractivity (Wildman–Crippen MR) is 64.7 cm³/mol. The second kappa shape index (κ2) is 9.75. The number of aryl methyl sites for hydroxylation is 2. The van der Waals surface area contributed by atoms with Crippen LogP contribution in [0.15, 0.2) is 48.5 Å². The van der Waals surface area contributed by atoms with Crippen LogP contribution in [0.3, 0.4) is 0 Å². The van der Waals surface area contributed by atoms with Gasteiger partial charge in [-0.1, -0.05) is 20.3 Å². The molecule has 0 aliphatic carbocycles. The maximum Gasteiger partial charge on any atom is 0 e. The second-order valence-electron chi connectivity index (χ2n) is 3.34. The zero-order chi connectivity index (χ0) is 10.9. The van der Waals surface area contributed by atoms with E-state index in [4.69, 9.17) is 0 Å². The molecule has 2 aromatic carbocycles. The molecule has 0 aliphatic rings. The van der Waals surface area contributed by atoms with Crippen molar-refractivity contribution in [3.63, 3.8) is 0 Å². The summed E-state index contributed by atoms with van der Waals surface area (Å²) in [5.74, 6) is 0. The van der Waals surface area contributed by atoms with Crippen molar-refractivity contribution in [2.24, 2.45) is 0 Å². The van der Waals surface area contributed by atoms with Gasteiger partial charge in [0, 0.05) is 32.7 Å². The van der Waals surface area contributed by atoms with Gasteiger partial charge in [-0.25, -0.2) is 0 Å². The molecule has 0 saturated carbocycles. The van der Waals surface area contributed by atoms with Gasteiger partial charge in [0.25, 0.3) is 0 Å². The van der Waals surface area contributed by atoms with Crippen molar-refractivity contribution in [2.45, 2.75) is 20.3 Å². The molecule has 0 amide bonds. The standard InChI is InChI=1S/C8H9.C7H7.Y/c1-2-8-6-4-3-5-7-8;1-7-5-3-2-4-6-7;/h4-7H,2H2,1H3;3-6H,1H3;/q2*-1;. The smallest absolute Gasteiger partial charge is 0 e. The second-order valence-corrected chi connectivity index (χ2v) is 3.34. The molecule has 0 spiro atoms. The Morgan fingerprint density at radius 3 is 1.56 bits per heavy atom. The third-order valence-corrected chi connectivity index (χ3v) is 2.08. The minimum Gasteiger partial charge on any atom is -0.184 e. The number of benzene rings is 2. The quantitative estimate of drug-likeness (QED) is 0.698. The molecule has 0 unspecified atom stereocenters. The molecule has 0 N–H and O–H groups in total. The van der Waals surface area contributed by atoms with Gasteiger partial charge in [0.2, 0.25) is 0 Å². The fourth-order valence-electron chi connectivity index (χ4n) is 1.13. The maximum absolute atomic E-state index is 2.97. The maximum atomic E-state index is 2.97. The number of hydrogen-bond acceptors (Lipinski definition) is 0. The molecule has 0 saturated heterocycles. The van der Waals surface area contributed by atoms with E-state index >= 15 is 0 Å². The Morgan fingerprint density at radius 1 is 0.875 bits per heavy atom. The largest absolute Gasteiger partial charge is 0.184 e. The molecule has 0 aliphatic heterocycles. The predicted octanol–water partition coefficient (Wildman–Crippen LogP) is 3.84. The Labute approximate surface area is 124 Å². The topological polar surface area (TPSA) is 0 Å². The van der Waals surface area contributed by atoms with Crippen LogP contribution in [0.2, 0.25) is 0 Å². The van der Waals surface area contributed by atoms with E-state index in [9.17, 15) is 0 Å². The molecular formula is C15H16Y-2. The van der Waals surface area contributed by atoms with Crippen molar-refractivity contribution in [3.05, 3.63) is 71.8 Å². The van der Waals surface area contributed by atoms with Gasteiger partial charge in [-0.3, -0.25) is 0 Å². The van der Waals surface area contributed by atoms with Crippen LogP contribution in [-0.2, 0) is 39.1 Å². The number of rotatable bonds is 1. The van der Waals surface area contributed by atoms with Crippen LogP contribution in [0.1, 0.15) is 18.1 Å². The molecule has 0 nitrogen and oxygen atoms in total. The molecule has 2 aromatic rings. The van der Waals surface area contributed by atoms with Crippen LogP contribution in [-0.4, -0.2) is 0 Å². The molecule has 1 heteroatoms. The van der Waals surface area contributed by atoms with E-state index in [2.05, 4.69) is 38.1 Å². The average molecular weight is 285 g/mol. The molecule has 0 fully saturated rings. The van der Waals surface area contributed by atoms with Crippen LogP contribution in [0.25, 0.3) is 0 Å². The van der Waals surface area contributed by atoms with E-state index in [0.29, 0.717) is 0 Å². The molecule has 1 radical (unpaired) electrons. The number of hydrogen-bond donors (Lipinski definition) is 0. The van der Waals surface area contributed by atoms with Gasteiger partial charge >= 0.3 is 0 Å². The summed E-state index contributed by atoms with van der Waals surface area (Å²) in [6.07, 6.45) is 1.12. The van der Waals surface area contributed by atoms with Gasteiger partial charge in [0.05, 0.1) is 0 Å². The van der Waals surface area contributed by atoms with E-state index in [1.54, 1.807) is 0 Å². The normalized spacial score (nSPS) is 8.38. The van der Waals surface area contributed by atoms with Crippen molar-refractivity contribution >= 4 is 0 Å².